The molecule has 0 aliphatic heterocycles. The van der Waals surface area contributed by atoms with Crippen LogP contribution in [0, 0.1) is 0 Å². The molecular formula is C12H15Cl2N5. The first-order valence-corrected chi connectivity index (χ1v) is 6.71. The van der Waals surface area contributed by atoms with Gasteiger partial charge in [-0.1, -0.05) is 35.3 Å². The fourth-order valence-corrected chi connectivity index (χ4v) is 2.51. The molecule has 3 N–H and O–H groups in total. The number of nitrogens with zero attached hydrogens (tertiary/aromatic N) is 3. The van der Waals surface area contributed by atoms with E-state index < -0.39 is 0 Å². The molecule has 0 amide bonds. The van der Waals surface area contributed by atoms with Crippen molar-refractivity contribution in [3.05, 3.63) is 45.7 Å². The molecule has 0 bridgehead atoms. The van der Waals surface area contributed by atoms with Crippen LogP contribution in [0.5, 0.6) is 0 Å². The van der Waals surface area contributed by atoms with E-state index in [1.807, 2.05) is 16.8 Å². The van der Waals surface area contributed by atoms with Crippen molar-refractivity contribution in [3.63, 3.8) is 0 Å². The van der Waals surface area contributed by atoms with Gasteiger partial charge in [0.15, 0.2) is 0 Å². The van der Waals surface area contributed by atoms with Crippen molar-refractivity contribution >= 4 is 23.2 Å². The van der Waals surface area contributed by atoms with Gasteiger partial charge in [-0.15, -0.1) is 5.10 Å². The Morgan fingerprint density at radius 2 is 2.00 bits per heavy atom. The van der Waals surface area contributed by atoms with E-state index in [1.54, 1.807) is 12.3 Å². The second-order valence-electron chi connectivity index (χ2n) is 4.18. The van der Waals surface area contributed by atoms with Crippen molar-refractivity contribution in [2.45, 2.75) is 25.9 Å². The minimum Gasteiger partial charge on any atom is -0.271 e. The Bertz CT molecular complexity index is 535. The maximum Gasteiger partial charge on any atom is 0.0895 e. The van der Waals surface area contributed by atoms with E-state index in [1.165, 1.54) is 0 Å². The van der Waals surface area contributed by atoms with Crippen molar-refractivity contribution < 1.29 is 0 Å². The lowest BCUT2D eigenvalue weighted by Gasteiger charge is -2.17. The van der Waals surface area contributed by atoms with Crippen molar-refractivity contribution in [1.82, 2.24) is 20.4 Å². The van der Waals surface area contributed by atoms with Gasteiger partial charge in [0.1, 0.15) is 0 Å². The number of hydrogen-bond acceptors (Lipinski definition) is 4. The summed E-state index contributed by atoms with van der Waals surface area (Å²) in [7, 11) is 0. The van der Waals surface area contributed by atoms with Crippen molar-refractivity contribution in [3.8, 4) is 0 Å². The van der Waals surface area contributed by atoms with Crippen LogP contribution in [-0.2, 0) is 6.54 Å². The van der Waals surface area contributed by atoms with Crippen LogP contribution in [0.15, 0.2) is 24.4 Å². The smallest absolute Gasteiger partial charge is 0.0895 e. The normalized spacial score (nSPS) is 12.6. The molecule has 1 aromatic heterocycles. The summed E-state index contributed by atoms with van der Waals surface area (Å²) < 4.78 is 1.82. The molecule has 1 unspecified atom stereocenters. The summed E-state index contributed by atoms with van der Waals surface area (Å²) in [6.07, 6.45) is 2.65. The van der Waals surface area contributed by atoms with Crippen molar-refractivity contribution in [2.24, 2.45) is 5.84 Å². The SMILES string of the molecule is CCCn1nncc1C(NN)c1cc(Cl)cc(Cl)c1. The molecule has 0 saturated heterocycles. The molecule has 1 atom stereocenters. The molecule has 1 heterocycles. The van der Waals surface area contributed by atoms with Crippen LogP contribution in [0.25, 0.3) is 0 Å². The van der Waals surface area contributed by atoms with Crippen LogP contribution in [0.3, 0.4) is 0 Å². The largest absolute Gasteiger partial charge is 0.271 e. The molecule has 5 nitrogen and oxygen atoms in total. The minimum absolute atomic E-state index is 0.252. The molecule has 19 heavy (non-hydrogen) atoms. The van der Waals surface area contributed by atoms with Gasteiger partial charge in [-0.2, -0.15) is 0 Å². The Balaban J connectivity index is 2.40. The van der Waals surface area contributed by atoms with Crippen LogP contribution >= 0.6 is 23.2 Å². The molecular weight excluding hydrogens is 285 g/mol. The Morgan fingerprint density at radius 1 is 1.32 bits per heavy atom. The van der Waals surface area contributed by atoms with Gasteiger partial charge in [0.05, 0.1) is 17.9 Å². The molecule has 0 aliphatic carbocycles. The van der Waals surface area contributed by atoms with Crippen LogP contribution < -0.4 is 11.3 Å². The summed E-state index contributed by atoms with van der Waals surface area (Å²) in [4.78, 5) is 0. The lowest BCUT2D eigenvalue weighted by atomic mass is 10.0. The molecule has 0 saturated carbocycles. The highest BCUT2D eigenvalue weighted by molar-refractivity contribution is 6.34. The maximum absolute atomic E-state index is 6.02. The molecule has 1 aromatic carbocycles. The van der Waals surface area contributed by atoms with E-state index in [9.17, 15) is 0 Å². The van der Waals surface area contributed by atoms with Gasteiger partial charge in [0.25, 0.3) is 0 Å². The Hall–Kier alpha value is -1.14. The number of rotatable bonds is 5. The number of hydrogen-bond donors (Lipinski definition) is 2. The number of aromatic nitrogens is 3. The molecule has 0 aliphatic rings. The summed E-state index contributed by atoms with van der Waals surface area (Å²) >= 11 is 12.0. The number of nitrogens with two attached hydrogens (primary N) is 1. The van der Waals surface area contributed by atoms with E-state index in [2.05, 4.69) is 22.7 Å². The molecule has 102 valence electrons. The zero-order valence-corrected chi connectivity index (χ0v) is 12.0. The van der Waals surface area contributed by atoms with Crippen molar-refractivity contribution in [2.75, 3.05) is 0 Å². The van der Waals surface area contributed by atoms with Gasteiger partial charge >= 0.3 is 0 Å². The van der Waals surface area contributed by atoms with Gasteiger partial charge in [-0.3, -0.25) is 5.84 Å². The van der Waals surface area contributed by atoms with Crippen molar-refractivity contribution in [1.29, 1.82) is 0 Å². The third-order valence-electron chi connectivity index (χ3n) is 2.76. The van der Waals surface area contributed by atoms with Crippen LogP contribution in [0.1, 0.15) is 30.6 Å². The minimum atomic E-state index is -0.252. The second kappa shape index (κ2) is 6.34. The van der Waals surface area contributed by atoms with Gasteiger partial charge < -0.3 is 0 Å². The van der Waals surface area contributed by atoms with E-state index >= 15 is 0 Å². The van der Waals surface area contributed by atoms with Gasteiger partial charge in [0, 0.05) is 16.6 Å². The lowest BCUT2D eigenvalue weighted by Crippen LogP contribution is -2.30. The average molecular weight is 300 g/mol. The average Bonchev–Trinajstić information content (AvgIpc) is 2.78. The monoisotopic (exact) mass is 299 g/mol. The Kier molecular flexibility index (Phi) is 4.76. The molecule has 0 fully saturated rings. The number of benzene rings is 1. The highest BCUT2D eigenvalue weighted by Gasteiger charge is 2.18. The Labute approximate surface area is 121 Å². The fraction of sp³-hybridized carbons (Fsp3) is 0.333. The fourth-order valence-electron chi connectivity index (χ4n) is 1.97. The quantitative estimate of drug-likeness (QED) is 0.657. The molecule has 0 radical (unpaired) electrons. The zero-order chi connectivity index (χ0) is 13.8. The predicted molar refractivity (Wildman–Crippen MR) is 75.9 cm³/mol. The standard InChI is InChI=1S/C12H15Cl2N5/c1-2-3-19-11(7-16-18-19)12(17-15)8-4-9(13)6-10(14)5-8/h4-7,12,17H,2-3,15H2,1H3. The predicted octanol–water partition coefficient (Wildman–Crippen LogP) is 2.55. The maximum atomic E-state index is 6.02. The van der Waals surface area contributed by atoms with Gasteiger partial charge in [0.2, 0.25) is 0 Å². The summed E-state index contributed by atoms with van der Waals surface area (Å²) in [6, 6.07) is 5.07. The van der Waals surface area contributed by atoms with E-state index in [4.69, 9.17) is 29.0 Å². The summed E-state index contributed by atoms with van der Waals surface area (Å²) in [5, 5.41) is 9.12. The van der Waals surface area contributed by atoms with E-state index in [0.717, 1.165) is 24.2 Å². The third kappa shape index (κ3) is 3.25. The molecule has 2 aromatic rings. The molecule has 0 spiro atoms. The molecule has 2 rings (SSSR count). The highest BCUT2D eigenvalue weighted by atomic mass is 35.5. The number of hydrazine groups is 1. The number of halogens is 2. The number of aryl methyl sites for hydroxylation is 1. The van der Waals surface area contributed by atoms with Gasteiger partial charge in [-0.05, 0) is 30.2 Å². The lowest BCUT2D eigenvalue weighted by molar-refractivity contribution is 0.512. The van der Waals surface area contributed by atoms with Gasteiger partial charge in [-0.25, -0.2) is 10.1 Å². The Morgan fingerprint density at radius 3 is 2.58 bits per heavy atom. The second-order valence-corrected chi connectivity index (χ2v) is 5.06. The topological polar surface area (TPSA) is 68.8 Å². The molecule has 7 heteroatoms. The summed E-state index contributed by atoms with van der Waals surface area (Å²) in [6.45, 7) is 2.86. The van der Waals surface area contributed by atoms with Crippen LogP contribution in [-0.4, -0.2) is 15.0 Å². The number of nitrogens with one attached hydrogen (secondary N) is 1. The summed E-state index contributed by atoms with van der Waals surface area (Å²) in [5.74, 6) is 5.66. The first-order valence-electron chi connectivity index (χ1n) is 5.96. The summed E-state index contributed by atoms with van der Waals surface area (Å²) in [5.41, 5.74) is 4.51. The zero-order valence-electron chi connectivity index (χ0n) is 10.5. The third-order valence-corrected chi connectivity index (χ3v) is 3.20. The van der Waals surface area contributed by atoms with E-state index in [-0.39, 0.29) is 6.04 Å². The first kappa shape index (κ1) is 14.3. The van der Waals surface area contributed by atoms with E-state index in [0.29, 0.717) is 10.0 Å². The van der Waals surface area contributed by atoms with Crippen LogP contribution in [0.4, 0.5) is 0 Å². The van der Waals surface area contributed by atoms with Crippen LogP contribution in [0.2, 0.25) is 10.0 Å². The first-order chi connectivity index (χ1) is 9.15. The highest BCUT2D eigenvalue weighted by Crippen LogP contribution is 2.27.